The van der Waals surface area contributed by atoms with Crippen molar-refractivity contribution >= 4 is 29.1 Å². The molecule has 7 heteroatoms. The first-order valence-electron chi connectivity index (χ1n) is 7.83. The average molecular weight is 371 g/mol. The van der Waals surface area contributed by atoms with Crippen molar-refractivity contribution in [2.45, 2.75) is 24.1 Å². The van der Waals surface area contributed by atoms with Crippen molar-refractivity contribution in [3.05, 3.63) is 59.1 Å². The summed E-state index contributed by atoms with van der Waals surface area (Å²) in [5.74, 6) is 1.24. The van der Waals surface area contributed by atoms with Gasteiger partial charge in [0.15, 0.2) is 11.9 Å². The first-order chi connectivity index (χ1) is 12.2. The number of hydrogen-bond acceptors (Lipinski definition) is 6. The smallest absolute Gasteiger partial charge is 0.247 e. The van der Waals surface area contributed by atoms with E-state index in [2.05, 4.69) is 20.5 Å². The van der Waals surface area contributed by atoms with Crippen LogP contribution in [-0.4, -0.2) is 21.4 Å². The summed E-state index contributed by atoms with van der Waals surface area (Å²) in [4.78, 5) is 4.56. The molecule has 0 fully saturated rings. The number of para-hydroxylation sites is 1. The highest BCUT2D eigenvalue weighted by atomic mass is 35.5. The van der Waals surface area contributed by atoms with Gasteiger partial charge in [0.1, 0.15) is 0 Å². The largest absolute Gasteiger partial charge is 0.452 e. The third-order valence-electron chi connectivity index (χ3n) is 3.75. The molecule has 5 nitrogen and oxygen atoms in total. The Morgan fingerprint density at radius 2 is 1.92 bits per heavy atom. The van der Waals surface area contributed by atoms with Crippen LogP contribution in [-0.2, 0) is 5.75 Å². The summed E-state index contributed by atoms with van der Waals surface area (Å²) >= 11 is 7.43. The fraction of sp³-hybridized carbons (Fsp3) is 0.167. The van der Waals surface area contributed by atoms with E-state index in [1.165, 1.54) is 11.8 Å². The minimum Gasteiger partial charge on any atom is -0.452 e. The van der Waals surface area contributed by atoms with Crippen LogP contribution in [0.5, 0.6) is 5.88 Å². The summed E-state index contributed by atoms with van der Waals surface area (Å²) in [7, 11) is 0. The van der Waals surface area contributed by atoms with Crippen LogP contribution in [0.15, 0.2) is 53.7 Å². The number of benzene rings is 2. The molecule has 0 aliphatic carbocycles. The molecule has 0 bridgehead atoms. The molecular weight excluding hydrogens is 356 g/mol. The van der Waals surface area contributed by atoms with Gasteiger partial charge in [0, 0.05) is 22.0 Å². The Morgan fingerprint density at radius 1 is 1.12 bits per heavy atom. The van der Waals surface area contributed by atoms with Crippen LogP contribution in [0.4, 0.5) is 5.69 Å². The molecule has 4 rings (SSSR count). The molecule has 0 saturated heterocycles. The molecule has 0 radical (unpaired) electrons. The van der Waals surface area contributed by atoms with E-state index in [0.717, 1.165) is 27.6 Å². The van der Waals surface area contributed by atoms with E-state index in [0.29, 0.717) is 16.7 Å². The molecule has 1 aliphatic heterocycles. The first kappa shape index (κ1) is 16.2. The van der Waals surface area contributed by atoms with Crippen LogP contribution >= 0.6 is 23.4 Å². The zero-order valence-electron chi connectivity index (χ0n) is 13.4. The molecule has 0 amide bonds. The maximum absolute atomic E-state index is 5.91. The lowest BCUT2D eigenvalue weighted by atomic mass is 10.1. The van der Waals surface area contributed by atoms with E-state index in [1.807, 2.05) is 55.5 Å². The highest BCUT2D eigenvalue weighted by Crippen LogP contribution is 2.36. The van der Waals surface area contributed by atoms with Gasteiger partial charge in [-0.3, -0.25) is 0 Å². The Hall–Kier alpha value is -2.31. The van der Waals surface area contributed by atoms with Crippen LogP contribution in [0.3, 0.4) is 0 Å². The maximum atomic E-state index is 5.91. The lowest BCUT2D eigenvalue weighted by Gasteiger charge is -2.13. The van der Waals surface area contributed by atoms with E-state index < -0.39 is 0 Å². The van der Waals surface area contributed by atoms with Gasteiger partial charge < -0.3 is 10.1 Å². The van der Waals surface area contributed by atoms with E-state index >= 15 is 0 Å². The standard InChI is InChI=1S/C18H15ClN4OS/c1-11-20-15-5-3-2-4-14(15)16-17(24-11)21-18(23-22-16)25-10-12-6-8-13(19)9-7-12/h2-9,11,20H,10H2,1H3. The van der Waals surface area contributed by atoms with Gasteiger partial charge >= 0.3 is 0 Å². The number of rotatable bonds is 3. The molecule has 1 aromatic heterocycles. The Morgan fingerprint density at radius 3 is 2.76 bits per heavy atom. The predicted molar refractivity (Wildman–Crippen MR) is 100.0 cm³/mol. The summed E-state index contributed by atoms with van der Waals surface area (Å²) < 4.78 is 5.89. The van der Waals surface area contributed by atoms with Crippen molar-refractivity contribution in [3.8, 4) is 17.1 Å². The van der Waals surface area contributed by atoms with Gasteiger partial charge in [-0.2, -0.15) is 4.98 Å². The third-order valence-corrected chi connectivity index (χ3v) is 4.91. The summed E-state index contributed by atoms with van der Waals surface area (Å²) in [6.07, 6.45) is -0.201. The van der Waals surface area contributed by atoms with Crippen molar-refractivity contribution in [3.63, 3.8) is 0 Å². The maximum Gasteiger partial charge on any atom is 0.247 e. The highest BCUT2D eigenvalue weighted by molar-refractivity contribution is 7.98. The minimum absolute atomic E-state index is 0.201. The predicted octanol–water partition coefficient (Wildman–Crippen LogP) is 4.63. The fourth-order valence-electron chi connectivity index (χ4n) is 2.57. The topological polar surface area (TPSA) is 59.9 Å². The van der Waals surface area contributed by atoms with E-state index in [1.54, 1.807) is 0 Å². The van der Waals surface area contributed by atoms with Crippen molar-refractivity contribution in [2.75, 3.05) is 5.32 Å². The van der Waals surface area contributed by atoms with E-state index in [9.17, 15) is 0 Å². The summed E-state index contributed by atoms with van der Waals surface area (Å²) in [6.45, 7) is 1.94. The zero-order valence-corrected chi connectivity index (χ0v) is 15.0. The molecule has 126 valence electrons. The normalized spacial score (nSPS) is 15.4. The number of ether oxygens (including phenoxy) is 1. The second-order valence-electron chi connectivity index (χ2n) is 5.61. The number of anilines is 1. The molecule has 2 heterocycles. The van der Waals surface area contributed by atoms with Crippen LogP contribution < -0.4 is 10.1 Å². The van der Waals surface area contributed by atoms with Gasteiger partial charge in [0.05, 0.1) is 0 Å². The summed E-state index contributed by atoms with van der Waals surface area (Å²) in [5, 5.41) is 13.2. The lowest BCUT2D eigenvalue weighted by molar-refractivity contribution is 0.240. The van der Waals surface area contributed by atoms with Crippen LogP contribution in [0.2, 0.25) is 5.02 Å². The number of fused-ring (bicyclic) bond motifs is 3. The molecule has 0 saturated carbocycles. The van der Waals surface area contributed by atoms with Crippen molar-refractivity contribution in [1.82, 2.24) is 15.2 Å². The van der Waals surface area contributed by atoms with Gasteiger partial charge in [-0.05, 0) is 30.7 Å². The molecule has 1 aliphatic rings. The molecule has 0 spiro atoms. The molecule has 25 heavy (non-hydrogen) atoms. The number of aromatic nitrogens is 3. The van der Waals surface area contributed by atoms with Gasteiger partial charge in [-0.15, -0.1) is 10.2 Å². The zero-order chi connectivity index (χ0) is 17.2. The van der Waals surface area contributed by atoms with E-state index in [4.69, 9.17) is 16.3 Å². The molecule has 3 aromatic rings. The lowest BCUT2D eigenvalue weighted by Crippen LogP contribution is -2.21. The molecule has 1 unspecified atom stereocenters. The molecule has 2 aromatic carbocycles. The summed E-state index contributed by atoms with van der Waals surface area (Å²) in [6, 6.07) is 15.7. The Kier molecular flexibility index (Phi) is 4.46. The summed E-state index contributed by atoms with van der Waals surface area (Å²) in [5.41, 5.74) is 3.71. The molecule has 1 N–H and O–H groups in total. The minimum atomic E-state index is -0.201. The second kappa shape index (κ2) is 6.90. The quantitative estimate of drug-likeness (QED) is 0.678. The Bertz CT molecular complexity index is 904. The number of thioether (sulfide) groups is 1. The third kappa shape index (κ3) is 3.55. The molecular formula is C18H15ClN4OS. The van der Waals surface area contributed by atoms with Gasteiger partial charge in [-0.1, -0.05) is 53.7 Å². The van der Waals surface area contributed by atoms with E-state index in [-0.39, 0.29) is 6.23 Å². The van der Waals surface area contributed by atoms with Gasteiger partial charge in [-0.25, -0.2) is 0 Å². The number of nitrogens with one attached hydrogen (secondary N) is 1. The number of halogens is 1. The van der Waals surface area contributed by atoms with Crippen LogP contribution in [0.25, 0.3) is 11.3 Å². The van der Waals surface area contributed by atoms with Crippen molar-refractivity contribution in [2.24, 2.45) is 0 Å². The molecule has 1 atom stereocenters. The highest BCUT2D eigenvalue weighted by Gasteiger charge is 2.22. The first-order valence-corrected chi connectivity index (χ1v) is 9.20. The Balaban J connectivity index is 1.60. The second-order valence-corrected chi connectivity index (χ2v) is 6.99. The average Bonchev–Trinajstić information content (AvgIpc) is 2.76. The SMILES string of the molecule is CC1Nc2ccccc2-c2nnc(SCc3ccc(Cl)cc3)nc2O1. The number of hydrogen-bond donors (Lipinski definition) is 1. The monoisotopic (exact) mass is 370 g/mol. The van der Waals surface area contributed by atoms with Crippen molar-refractivity contribution in [1.29, 1.82) is 0 Å². The van der Waals surface area contributed by atoms with Gasteiger partial charge in [0.2, 0.25) is 11.0 Å². The van der Waals surface area contributed by atoms with Crippen LogP contribution in [0.1, 0.15) is 12.5 Å². The van der Waals surface area contributed by atoms with Crippen LogP contribution in [0, 0.1) is 0 Å². The fourth-order valence-corrected chi connectivity index (χ4v) is 3.43. The van der Waals surface area contributed by atoms with Crippen molar-refractivity contribution < 1.29 is 4.74 Å². The van der Waals surface area contributed by atoms with Gasteiger partial charge in [0.25, 0.3) is 0 Å². The Labute approximate surface area is 154 Å². The number of nitrogens with zero attached hydrogens (tertiary/aromatic N) is 3.